The summed E-state index contributed by atoms with van der Waals surface area (Å²) in [6.07, 6.45) is 0.667. The lowest BCUT2D eigenvalue weighted by atomic mass is 9.94. The molecule has 0 heterocycles. The maximum Gasteiger partial charge on any atom is 0.119 e. The predicted octanol–water partition coefficient (Wildman–Crippen LogP) is 5.54. The second-order valence-electron chi connectivity index (χ2n) is 5.59. The minimum absolute atomic E-state index is 0.145. The quantitative estimate of drug-likeness (QED) is 0.701. The summed E-state index contributed by atoms with van der Waals surface area (Å²) in [4.78, 5) is 0. The second-order valence-corrected chi connectivity index (χ2v) is 6.03. The third kappa shape index (κ3) is 4.51. The first-order valence-electron chi connectivity index (χ1n) is 7.48. The van der Waals surface area contributed by atoms with Crippen molar-refractivity contribution < 1.29 is 4.74 Å². The van der Waals surface area contributed by atoms with E-state index in [1.807, 2.05) is 24.3 Å². The van der Waals surface area contributed by atoms with E-state index in [1.54, 1.807) is 12.1 Å². The second kappa shape index (κ2) is 7.87. The molecule has 0 aliphatic heterocycles. The maximum absolute atomic E-state index is 9.37. The van der Waals surface area contributed by atoms with E-state index in [9.17, 15) is 5.26 Å². The average molecular weight is 314 g/mol. The third-order valence-electron chi connectivity index (χ3n) is 3.65. The Hall–Kier alpha value is -1.98. The van der Waals surface area contributed by atoms with Crippen molar-refractivity contribution in [2.75, 3.05) is 6.61 Å². The number of hydrogen-bond donors (Lipinski definition) is 0. The molecule has 0 amide bonds. The topological polar surface area (TPSA) is 33.0 Å². The Bertz CT molecular complexity index is 626. The van der Waals surface area contributed by atoms with Crippen LogP contribution in [0.15, 0.2) is 48.5 Å². The van der Waals surface area contributed by atoms with Crippen LogP contribution in [0, 0.1) is 11.3 Å². The van der Waals surface area contributed by atoms with Crippen LogP contribution in [0.1, 0.15) is 43.2 Å². The van der Waals surface area contributed by atoms with Crippen molar-refractivity contribution in [2.24, 2.45) is 0 Å². The van der Waals surface area contributed by atoms with E-state index < -0.39 is 0 Å². The van der Waals surface area contributed by atoms with E-state index in [4.69, 9.17) is 16.3 Å². The Morgan fingerprint density at radius 2 is 1.59 bits per heavy atom. The number of ether oxygens (including phenoxy) is 1. The van der Waals surface area contributed by atoms with Gasteiger partial charge >= 0.3 is 0 Å². The van der Waals surface area contributed by atoms with E-state index in [0.29, 0.717) is 24.0 Å². The van der Waals surface area contributed by atoms with Crippen LogP contribution in [0.3, 0.4) is 0 Å². The molecule has 0 saturated heterocycles. The molecule has 0 aliphatic rings. The van der Waals surface area contributed by atoms with Gasteiger partial charge in [0.15, 0.2) is 0 Å². The minimum atomic E-state index is -0.145. The van der Waals surface area contributed by atoms with Crippen molar-refractivity contribution in [3.8, 4) is 11.8 Å². The van der Waals surface area contributed by atoms with Crippen molar-refractivity contribution in [3.63, 3.8) is 0 Å². The molecule has 0 aromatic heterocycles. The lowest BCUT2D eigenvalue weighted by Crippen LogP contribution is -2.04. The van der Waals surface area contributed by atoms with Gasteiger partial charge in [-0.05, 0) is 41.3 Å². The first-order valence-corrected chi connectivity index (χ1v) is 7.86. The van der Waals surface area contributed by atoms with E-state index in [-0.39, 0.29) is 5.92 Å². The van der Waals surface area contributed by atoms with Gasteiger partial charge in [0.1, 0.15) is 5.75 Å². The van der Waals surface area contributed by atoms with Crippen LogP contribution < -0.4 is 4.74 Å². The molecule has 2 aromatic rings. The zero-order valence-corrected chi connectivity index (χ0v) is 13.7. The summed E-state index contributed by atoms with van der Waals surface area (Å²) in [5.74, 6) is 1.13. The van der Waals surface area contributed by atoms with Gasteiger partial charge in [-0.25, -0.2) is 0 Å². The summed E-state index contributed by atoms with van der Waals surface area (Å²) in [5, 5.41) is 10.1. The van der Waals surface area contributed by atoms with Gasteiger partial charge in [0.25, 0.3) is 0 Å². The summed E-state index contributed by atoms with van der Waals surface area (Å²) in [7, 11) is 0. The van der Waals surface area contributed by atoms with Crippen molar-refractivity contribution in [1.82, 2.24) is 0 Å². The molecule has 1 atom stereocenters. The molecule has 0 radical (unpaired) electrons. The maximum atomic E-state index is 9.37. The Morgan fingerprint density at radius 1 is 1.00 bits per heavy atom. The molecule has 3 heteroatoms. The van der Waals surface area contributed by atoms with Gasteiger partial charge in [0.2, 0.25) is 0 Å². The van der Waals surface area contributed by atoms with Crippen molar-refractivity contribution >= 4 is 11.6 Å². The molecule has 22 heavy (non-hydrogen) atoms. The highest BCUT2D eigenvalue weighted by molar-refractivity contribution is 6.30. The molecule has 1 unspecified atom stereocenters. The molecular formula is C19H20ClNO. The molecule has 0 fully saturated rings. The summed E-state index contributed by atoms with van der Waals surface area (Å²) in [6.45, 7) is 4.83. The van der Waals surface area contributed by atoms with Crippen molar-refractivity contribution in [1.29, 1.82) is 5.26 Å². The Balaban J connectivity index is 1.92. The van der Waals surface area contributed by atoms with Gasteiger partial charge < -0.3 is 4.74 Å². The number of halogens is 1. The lowest BCUT2D eigenvalue weighted by molar-refractivity contribution is 0.306. The molecule has 0 aliphatic carbocycles. The van der Waals surface area contributed by atoms with Gasteiger partial charge in [0.05, 0.1) is 18.6 Å². The fraction of sp³-hybridized carbons (Fsp3) is 0.316. The molecule has 0 saturated carbocycles. The Labute approximate surface area is 137 Å². The largest absolute Gasteiger partial charge is 0.494 e. The van der Waals surface area contributed by atoms with Crippen LogP contribution in [0.5, 0.6) is 5.75 Å². The molecular weight excluding hydrogens is 294 g/mol. The van der Waals surface area contributed by atoms with Gasteiger partial charge in [0, 0.05) is 11.4 Å². The third-order valence-corrected chi connectivity index (χ3v) is 3.90. The Kier molecular flexibility index (Phi) is 5.86. The zero-order chi connectivity index (χ0) is 15.9. The zero-order valence-electron chi connectivity index (χ0n) is 12.9. The van der Waals surface area contributed by atoms with Crippen LogP contribution in [0.4, 0.5) is 0 Å². The summed E-state index contributed by atoms with van der Waals surface area (Å²) >= 11 is 5.83. The van der Waals surface area contributed by atoms with E-state index >= 15 is 0 Å². The summed E-state index contributed by atoms with van der Waals surface area (Å²) in [5.41, 5.74) is 2.34. The lowest BCUT2D eigenvalue weighted by Gasteiger charge is -2.12. The van der Waals surface area contributed by atoms with E-state index in [0.717, 1.165) is 11.3 Å². The molecule has 0 bridgehead atoms. The predicted molar refractivity (Wildman–Crippen MR) is 90.4 cm³/mol. The monoisotopic (exact) mass is 313 g/mol. The smallest absolute Gasteiger partial charge is 0.119 e. The fourth-order valence-corrected chi connectivity index (χ4v) is 2.37. The first kappa shape index (κ1) is 16.4. The van der Waals surface area contributed by atoms with Gasteiger partial charge in [-0.15, -0.1) is 0 Å². The van der Waals surface area contributed by atoms with E-state index in [2.05, 4.69) is 32.0 Å². The number of nitriles is 1. The summed E-state index contributed by atoms with van der Waals surface area (Å²) < 4.78 is 5.67. The van der Waals surface area contributed by atoms with Gasteiger partial charge in [-0.3, -0.25) is 0 Å². The minimum Gasteiger partial charge on any atom is -0.494 e. The molecule has 114 valence electrons. The SMILES string of the molecule is CC(C)c1ccc(C(C#N)CCOc2ccc(Cl)cc2)cc1. The highest BCUT2D eigenvalue weighted by Crippen LogP contribution is 2.23. The standard InChI is InChI=1S/C19H20ClNO/c1-14(2)15-3-5-16(6-4-15)17(13-21)11-12-22-19-9-7-18(20)8-10-19/h3-10,14,17H,11-12H2,1-2H3. The number of hydrogen-bond acceptors (Lipinski definition) is 2. The normalized spacial score (nSPS) is 12.0. The van der Waals surface area contributed by atoms with Crippen LogP contribution in [-0.4, -0.2) is 6.61 Å². The molecule has 0 N–H and O–H groups in total. The molecule has 2 aromatic carbocycles. The number of rotatable bonds is 6. The van der Waals surface area contributed by atoms with Crippen LogP contribution in [0.25, 0.3) is 0 Å². The van der Waals surface area contributed by atoms with E-state index in [1.165, 1.54) is 5.56 Å². The highest BCUT2D eigenvalue weighted by atomic mass is 35.5. The van der Waals surface area contributed by atoms with Gasteiger partial charge in [-0.1, -0.05) is 49.7 Å². The average Bonchev–Trinajstić information content (AvgIpc) is 2.53. The summed E-state index contributed by atoms with van der Waals surface area (Å²) in [6, 6.07) is 17.9. The molecule has 2 nitrogen and oxygen atoms in total. The fourth-order valence-electron chi connectivity index (χ4n) is 2.24. The van der Waals surface area contributed by atoms with Crippen molar-refractivity contribution in [2.45, 2.75) is 32.1 Å². The Morgan fingerprint density at radius 3 is 2.14 bits per heavy atom. The molecule has 0 spiro atoms. The van der Waals surface area contributed by atoms with Crippen LogP contribution in [-0.2, 0) is 0 Å². The highest BCUT2D eigenvalue weighted by Gasteiger charge is 2.11. The van der Waals surface area contributed by atoms with Crippen LogP contribution in [0.2, 0.25) is 5.02 Å². The van der Waals surface area contributed by atoms with Crippen LogP contribution >= 0.6 is 11.6 Å². The number of nitrogens with zero attached hydrogens (tertiary/aromatic N) is 1. The first-order chi connectivity index (χ1) is 10.6. The van der Waals surface area contributed by atoms with Gasteiger partial charge in [-0.2, -0.15) is 5.26 Å². The number of benzene rings is 2. The molecule has 2 rings (SSSR count). The van der Waals surface area contributed by atoms with Crippen molar-refractivity contribution in [3.05, 3.63) is 64.7 Å².